The third kappa shape index (κ3) is 2.35. The van der Waals surface area contributed by atoms with E-state index < -0.39 is 0 Å². The number of aliphatic hydroxyl groups is 1. The predicted molar refractivity (Wildman–Crippen MR) is 99.7 cm³/mol. The molecule has 0 aliphatic heterocycles. The summed E-state index contributed by atoms with van der Waals surface area (Å²) in [7, 11) is 2.15. The lowest BCUT2D eigenvalue weighted by Gasteiger charge is -2.61. The third-order valence-electron chi connectivity index (χ3n) is 9.77. The molecule has 0 amide bonds. The summed E-state index contributed by atoms with van der Waals surface area (Å²) in [6.45, 7) is 7.65. The van der Waals surface area contributed by atoms with Gasteiger partial charge in [0.2, 0.25) is 0 Å². The van der Waals surface area contributed by atoms with E-state index in [2.05, 4.69) is 33.1 Å². The number of fused-ring (bicyclic) bond motifs is 5. The van der Waals surface area contributed by atoms with Gasteiger partial charge in [-0.3, -0.25) is 0 Å². The summed E-state index contributed by atoms with van der Waals surface area (Å²) in [5, 5.41) is 13.7. The van der Waals surface area contributed by atoms with E-state index in [1.54, 1.807) is 0 Å². The molecule has 4 aliphatic rings. The molecule has 4 rings (SSSR count). The molecule has 0 unspecified atom stereocenters. The van der Waals surface area contributed by atoms with Crippen molar-refractivity contribution in [1.82, 2.24) is 5.32 Å². The normalized spacial score (nSPS) is 55.4. The van der Waals surface area contributed by atoms with Crippen LogP contribution in [0.5, 0.6) is 0 Å². The van der Waals surface area contributed by atoms with Crippen molar-refractivity contribution in [3.05, 3.63) is 0 Å². The largest absolute Gasteiger partial charge is 0.393 e. The van der Waals surface area contributed by atoms with Crippen LogP contribution in [0.1, 0.15) is 78.6 Å². The summed E-state index contributed by atoms with van der Waals surface area (Å²) >= 11 is 0. The predicted octanol–water partition coefficient (Wildman–Crippen LogP) is 4.61. The maximum Gasteiger partial charge on any atom is 0.0543 e. The fraction of sp³-hybridized carbons (Fsp3) is 1.00. The minimum atomic E-state index is -0.0131. The van der Waals surface area contributed by atoms with Crippen molar-refractivity contribution < 1.29 is 5.11 Å². The van der Waals surface area contributed by atoms with Crippen molar-refractivity contribution in [2.24, 2.45) is 40.4 Å². The van der Waals surface area contributed by atoms with Gasteiger partial charge in [0.1, 0.15) is 0 Å². The van der Waals surface area contributed by atoms with E-state index in [1.165, 1.54) is 44.9 Å². The number of hydrogen-bond donors (Lipinski definition) is 2. The van der Waals surface area contributed by atoms with E-state index in [9.17, 15) is 5.11 Å². The second-order valence-corrected chi connectivity index (χ2v) is 10.4. The highest BCUT2D eigenvalue weighted by molar-refractivity contribution is 5.10. The Hall–Kier alpha value is -0.0800. The topological polar surface area (TPSA) is 32.3 Å². The van der Waals surface area contributed by atoms with Crippen molar-refractivity contribution >= 4 is 0 Å². The third-order valence-corrected chi connectivity index (χ3v) is 9.77. The Labute approximate surface area is 149 Å². The van der Waals surface area contributed by atoms with E-state index in [0.717, 1.165) is 42.4 Å². The van der Waals surface area contributed by atoms with Crippen molar-refractivity contribution in [1.29, 1.82) is 0 Å². The van der Waals surface area contributed by atoms with Crippen LogP contribution in [0.4, 0.5) is 0 Å². The molecule has 138 valence electrons. The molecule has 0 aromatic carbocycles. The molecule has 0 spiro atoms. The molecule has 2 heteroatoms. The quantitative estimate of drug-likeness (QED) is 0.773. The molecule has 4 saturated carbocycles. The van der Waals surface area contributed by atoms with E-state index in [1.807, 2.05) is 0 Å². The Morgan fingerprint density at radius 1 is 0.917 bits per heavy atom. The number of aliphatic hydroxyl groups excluding tert-OH is 1. The molecule has 0 radical (unpaired) electrons. The van der Waals surface area contributed by atoms with Crippen LogP contribution in [-0.4, -0.2) is 24.3 Å². The van der Waals surface area contributed by atoms with Gasteiger partial charge in [-0.15, -0.1) is 0 Å². The second kappa shape index (κ2) is 5.98. The molecule has 4 fully saturated rings. The van der Waals surface area contributed by atoms with Gasteiger partial charge < -0.3 is 10.4 Å². The summed E-state index contributed by atoms with van der Waals surface area (Å²) in [6.07, 6.45) is 12.0. The summed E-state index contributed by atoms with van der Waals surface area (Å²) < 4.78 is 0. The molecule has 0 aromatic rings. The zero-order chi connectivity index (χ0) is 17.1. The van der Waals surface area contributed by atoms with Gasteiger partial charge in [-0.25, -0.2) is 0 Å². The first-order valence-corrected chi connectivity index (χ1v) is 10.8. The van der Waals surface area contributed by atoms with Gasteiger partial charge in [0.05, 0.1) is 6.10 Å². The molecule has 0 aromatic heterocycles. The van der Waals surface area contributed by atoms with Crippen LogP contribution in [-0.2, 0) is 0 Å². The minimum absolute atomic E-state index is 0.0131. The van der Waals surface area contributed by atoms with E-state index in [0.29, 0.717) is 16.9 Å². The van der Waals surface area contributed by atoms with Gasteiger partial charge in [0.25, 0.3) is 0 Å². The number of nitrogens with one attached hydrogen (secondary N) is 1. The standard InChI is InChI=1S/C22H39NO/c1-14(23-4)18-7-8-19-17-6-5-15-13-16(24)9-11-21(15,2)20(17)10-12-22(18,19)3/h14-20,23-24H,5-13H2,1-4H3/t14-,15-,16-,17-,18+,19-,20+,21-,22+/m0/s1. The van der Waals surface area contributed by atoms with Gasteiger partial charge in [0.15, 0.2) is 0 Å². The molecule has 2 nitrogen and oxygen atoms in total. The van der Waals surface area contributed by atoms with Crippen molar-refractivity contribution in [3.8, 4) is 0 Å². The molecule has 2 N–H and O–H groups in total. The summed E-state index contributed by atoms with van der Waals surface area (Å²) in [5.41, 5.74) is 1.09. The highest BCUT2D eigenvalue weighted by Crippen LogP contribution is 2.67. The van der Waals surface area contributed by atoms with Crippen LogP contribution >= 0.6 is 0 Å². The Kier molecular flexibility index (Phi) is 4.32. The van der Waals surface area contributed by atoms with Gasteiger partial charge in [0, 0.05) is 6.04 Å². The van der Waals surface area contributed by atoms with E-state index >= 15 is 0 Å². The Morgan fingerprint density at radius 2 is 1.62 bits per heavy atom. The lowest BCUT2D eigenvalue weighted by Crippen LogP contribution is -2.54. The zero-order valence-electron chi connectivity index (χ0n) is 16.4. The van der Waals surface area contributed by atoms with Gasteiger partial charge in [-0.05, 0) is 112 Å². The molecule has 4 aliphatic carbocycles. The van der Waals surface area contributed by atoms with Crippen LogP contribution < -0.4 is 5.32 Å². The molecule has 9 atom stereocenters. The fourth-order valence-electron chi connectivity index (χ4n) is 8.30. The monoisotopic (exact) mass is 333 g/mol. The second-order valence-electron chi connectivity index (χ2n) is 10.4. The minimum Gasteiger partial charge on any atom is -0.393 e. The average Bonchev–Trinajstić information content (AvgIpc) is 2.92. The molecule has 0 bridgehead atoms. The fourth-order valence-corrected chi connectivity index (χ4v) is 8.30. The maximum absolute atomic E-state index is 10.2. The van der Waals surface area contributed by atoms with Crippen LogP contribution in [0.15, 0.2) is 0 Å². The van der Waals surface area contributed by atoms with Crippen molar-refractivity contribution in [2.75, 3.05) is 7.05 Å². The first-order valence-electron chi connectivity index (χ1n) is 10.8. The van der Waals surface area contributed by atoms with Crippen molar-refractivity contribution in [2.45, 2.75) is 90.7 Å². The van der Waals surface area contributed by atoms with Gasteiger partial charge in [-0.2, -0.15) is 0 Å². The highest BCUT2D eigenvalue weighted by Gasteiger charge is 2.60. The Bertz CT molecular complexity index is 479. The average molecular weight is 334 g/mol. The van der Waals surface area contributed by atoms with Crippen molar-refractivity contribution in [3.63, 3.8) is 0 Å². The molecule has 24 heavy (non-hydrogen) atoms. The molecule has 0 saturated heterocycles. The van der Waals surface area contributed by atoms with Crippen LogP contribution in [0.2, 0.25) is 0 Å². The first kappa shape index (κ1) is 17.3. The number of hydrogen-bond acceptors (Lipinski definition) is 2. The first-order chi connectivity index (χ1) is 11.4. The van der Waals surface area contributed by atoms with E-state index in [-0.39, 0.29) is 6.10 Å². The van der Waals surface area contributed by atoms with E-state index in [4.69, 9.17) is 0 Å². The summed E-state index contributed by atoms with van der Waals surface area (Å²) in [5.74, 6) is 4.52. The van der Waals surface area contributed by atoms with Crippen LogP contribution in [0.3, 0.4) is 0 Å². The summed E-state index contributed by atoms with van der Waals surface area (Å²) in [6, 6.07) is 0.660. The highest BCUT2D eigenvalue weighted by atomic mass is 16.3. The Morgan fingerprint density at radius 3 is 2.38 bits per heavy atom. The smallest absolute Gasteiger partial charge is 0.0543 e. The van der Waals surface area contributed by atoms with Crippen LogP contribution in [0.25, 0.3) is 0 Å². The molecular weight excluding hydrogens is 294 g/mol. The SMILES string of the molecule is CN[C@@H](C)[C@H]1CC[C@H]2[C@@H]3CC[C@H]4C[C@@H](O)CC[C@]4(C)[C@@H]3CC[C@]12C. The lowest BCUT2D eigenvalue weighted by molar-refractivity contribution is -0.127. The van der Waals surface area contributed by atoms with Gasteiger partial charge >= 0.3 is 0 Å². The van der Waals surface area contributed by atoms with Gasteiger partial charge in [-0.1, -0.05) is 13.8 Å². The zero-order valence-corrected chi connectivity index (χ0v) is 16.4. The summed E-state index contributed by atoms with van der Waals surface area (Å²) in [4.78, 5) is 0. The lowest BCUT2D eigenvalue weighted by atomic mass is 9.44. The Balaban J connectivity index is 1.59. The number of rotatable bonds is 2. The molecule has 0 heterocycles. The molecular formula is C22H39NO. The van der Waals surface area contributed by atoms with Crippen LogP contribution in [0, 0.1) is 40.4 Å². The maximum atomic E-state index is 10.2.